The first-order chi connectivity index (χ1) is 6.59. The van der Waals surface area contributed by atoms with Crippen LogP contribution in [-0.2, 0) is 0 Å². The minimum absolute atomic E-state index is 0.793. The molecule has 0 atom stereocenters. The van der Waals surface area contributed by atoms with Crippen LogP contribution in [0.4, 0.5) is 11.4 Å². The van der Waals surface area contributed by atoms with Gasteiger partial charge >= 0.3 is 0 Å². The van der Waals surface area contributed by atoms with Crippen LogP contribution in [-0.4, -0.2) is 0 Å². The number of anilines is 2. The van der Waals surface area contributed by atoms with Crippen LogP contribution in [0.3, 0.4) is 0 Å². The van der Waals surface area contributed by atoms with Crippen LogP contribution in [0, 0.1) is 13.8 Å². The standard InChI is InChI=1S/C12H14N2/c1-7-5-9-6-10(13)3-4-11(9)8(2)12(7)14/h3-6H,13-14H2,1-2H3. The monoisotopic (exact) mass is 186 g/mol. The molecule has 0 radical (unpaired) electrons. The minimum Gasteiger partial charge on any atom is -0.399 e. The molecule has 0 aliphatic rings. The second kappa shape index (κ2) is 2.91. The highest BCUT2D eigenvalue weighted by Gasteiger charge is 2.04. The van der Waals surface area contributed by atoms with Gasteiger partial charge in [-0.1, -0.05) is 6.07 Å². The zero-order valence-corrected chi connectivity index (χ0v) is 8.46. The van der Waals surface area contributed by atoms with Crippen molar-refractivity contribution in [3.63, 3.8) is 0 Å². The Morgan fingerprint density at radius 2 is 1.71 bits per heavy atom. The molecule has 2 aromatic rings. The van der Waals surface area contributed by atoms with Crippen LogP contribution in [0.1, 0.15) is 11.1 Å². The summed E-state index contributed by atoms with van der Waals surface area (Å²) in [5.74, 6) is 0. The summed E-state index contributed by atoms with van der Waals surface area (Å²) in [6.07, 6.45) is 0. The predicted octanol–water partition coefficient (Wildman–Crippen LogP) is 2.62. The highest BCUT2D eigenvalue weighted by molar-refractivity contribution is 5.92. The van der Waals surface area contributed by atoms with Gasteiger partial charge in [-0.05, 0) is 53.9 Å². The summed E-state index contributed by atoms with van der Waals surface area (Å²) in [5.41, 5.74) is 15.6. The molecule has 0 amide bonds. The van der Waals surface area contributed by atoms with Crippen molar-refractivity contribution in [2.45, 2.75) is 13.8 Å². The molecular formula is C12H14N2. The normalized spacial score (nSPS) is 10.7. The van der Waals surface area contributed by atoms with E-state index in [4.69, 9.17) is 11.5 Å². The molecule has 2 heteroatoms. The Kier molecular flexibility index (Phi) is 1.84. The Morgan fingerprint density at radius 3 is 2.43 bits per heavy atom. The molecule has 14 heavy (non-hydrogen) atoms. The van der Waals surface area contributed by atoms with Crippen LogP contribution in [0.15, 0.2) is 24.3 Å². The molecular weight excluding hydrogens is 172 g/mol. The first kappa shape index (κ1) is 8.88. The summed E-state index contributed by atoms with van der Waals surface area (Å²) in [7, 11) is 0. The van der Waals surface area contributed by atoms with Gasteiger partial charge in [-0.25, -0.2) is 0 Å². The van der Waals surface area contributed by atoms with E-state index in [-0.39, 0.29) is 0 Å². The Hall–Kier alpha value is -1.70. The quantitative estimate of drug-likeness (QED) is 0.621. The number of aryl methyl sites for hydroxylation is 2. The molecule has 72 valence electrons. The maximum absolute atomic E-state index is 5.95. The summed E-state index contributed by atoms with van der Waals surface area (Å²) in [6.45, 7) is 4.06. The fourth-order valence-corrected chi connectivity index (χ4v) is 1.79. The van der Waals surface area contributed by atoms with Crippen LogP contribution >= 0.6 is 0 Å². The molecule has 0 unspecified atom stereocenters. The van der Waals surface area contributed by atoms with Crippen LogP contribution in [0.2, 0.25) is 0 Å². The van der Waals surface area contributed by atoms with E-state index in [1.807, 2.05) is 32.0 Å². The number of nitrogen functional groups attached to an aromatic ring is 2. The second-order valence-corrected chi connectivity index (χ2v) is 3.71. The molecule has 0 fully saturated rings. The smallest absolute Gasteiger partial charge is 0.0379 e. The van der Waals surface area contributed by atoms with E-state index in [1.54, 1.807) is 0 Å². The van der Waals surface area contributed by atoms with E-state index in [1.165, 1.54) is 5.39 Å². The van der Waals surface area contributed by atoms with Crippen molar-refractivity contribution < 1.29 is 0 Å². The summed E-state index contributed by atoms with van der Waals surface area (Å²) in [5, 5.41) is 2.34. The zero-order chi connectivity index (χ0) is 10.3. The third-order valence-electron chi connectivity index (χ3n) is 2.68. The Bertz CT molecular complexity index is 501. The van der Waals surface area contributed by atoms with Crippen molar-refractivity contribution >= 4 is 22.1 Å². The molecule has 0 aliphatic heterocycles. The van der Waals surface area contributed by atoms with Crippen molar-refractivity contribution in [2.75, 3.05) is 11.5 Å². The zero-order valence-electron chi connectivity index (χ0n) is 8.46. The molecule has 0 aromatic heterocycles. The van der Waals surface area contributed by atoms with Crippen molar-refractivity contribution in [2.24, 2.45) is 0 Å². The number of hydrogen-bond donors (Lipinski definition) is 2. The maximum atomic E-state index is 5.95. The fraction of sp³-hybridized carbons (Fsp3) is 0.167. The lowest BCUT2D eigenvalue weighted by Gasteiger charge is -2.09. The van der Waals surface area contributed by atoms with Crippen molar-refractivity contribution in [1.82, 2.24) is 0 Å². The van der Waals surface area contributed by atoms with Gasteiger partial charge in [-0.3, -0.25) is 0 Å². The highest BCUT2D eigenvalue weighted by atomic mass is 14.6. The lowest BCUT2D eigenvalue weighted by molar-refractivity contribution is 1.43. The average Bonchev–Trinajstić information content (AvgIpc) is 2.14. The first-order valence-corrected chi connectivity index (χ1v) is 4.64. The van der Waals surface area contributed by atoms with E-state index in [2.05, 4.69) is 6.07 Å². The van der Waals surface area contributed by atoms with E-state index in [9.17, 15) is 0 Å². The van der Waals surface area contributed by atoms with Gasteiger partial charge in [0, 0.05) is 11.4 Å². The number of hydrogen-bond acceptors (Lipinski definition) is 2. The second-order valence-electron chi connectivity index (χ2n) is 3.71. The maximum Gasteiger partial charge on any atom is 0.0379 e. The van der Waals surface area contributed by atoms with Crippen LogP contribution < -0.4 is 11.5 Å². The molecule has 0 spiro atoms. The molecule has 4 N–H and O–H groups in total. The molecule has 2 nitrogen and oxygen atoms in total. The van der Waals surface area contributed by atoms with E-state index < -0.39 is 0 Å². The summed E-state index contributed by atoms with van der Waals surface area (Å²) in [6, 6.07) is 7.99. The number of benzene rings is 2. The summed E-state index contributed by atoms with van der Waals surface area (Å²) < 4.78 is 0. The van der Waals surface area contributed by atoms with Crippen molar-refractivity contribution in [3.8, 4) is 0 Å². The van der Waals surface area contributed by atoms with Gasteiger partial charge in [-0.15, -0.1) is 0 Å². The number of rotatable bonds is 0. The van der Waals surface area contributed by atoms with Gasteiger partial charge in [0.2, 0.25) is 0 Å². The Balaban J connectivity index is 2.91. The first-order valence-electron chi connectivity index (χ1n) is 4.64. The third kappa shape index (κ3) is 1.20. The molecule has 0 saturated heterocycles. The molecule has 0 heterocycles. The lowest BCUT2D eigenvalue weighted by atomic mass is 10.00. The SMILES string of the molecule is Cc1cc2cc(N)ccc2c(C)c1N. The Labute approximate surface area is 83.5 Å². The molecule has 2 rings (SSSR count). The van der Waals surface area contributed by atoms with Gasteiger partial charge in [0.1, 0.15) is 0 Å². The minimum atomic E-state index is 0.793. The lowest BCUT2D eigenvalue weighted by Crippen LogP contribution is -1.95. The fourth-order valence-electron chi connectivity index (χ4n) is 1.79. The van der Waals surface area contributed by atoms with E-state index >= 15 is 0 Å². The molecule has 0 bridgehead atoms. The van der Waals surface area contributed by atoms with Gasteiger partial charge < -0.3 is 11.5 Å². The largest absolute Gasteiger partial charge is 0.399 e. The summed E-state index contributed by atoms with van der Waals surface area (Å²) in [4.78, 5) is 0. The van der Waals surface area contributed by atoms with Crippen LogP contribution in [0.5, 0.6) is 0 Å². The molecule has 2 aromatic carbocycles. The Morgan fingerprint density at radius 1 is 1.00 bits per heavy atom. The van der Waals surface area contributed by atoms with Gasteiger partial charge in [0.15, 0.2) is 0 Å². The van der Waals surface area contributed by atoms with Gasteiger partial charge in [-0.2, -0.15) is 0 Å². The van der Waals surface area contributed by atoms with Crippen LogP contribution in [0.25, 0.3) is 10.8 Å². The number of nitrogens with two attached hydrogens (primary N) is 2. The van der Waals surface area contributed by atoms with Gasteiger partial charge in [0.05, 0.1) is 0 Å². The number of fused-ring (bicyclic) bond motifs is 1. The molecule has 0 aliphatic carbocycles. The van der Waals surface area contributed by atoms with E-state index in [0.29, 0.717) is 0 Å². The summed E-state index contributed by atoms with van der Waals surface area (Å²) >= 11 is 0. The molecule has 0 saturated carbocycles. The topological polar surface area (TPSA) is 52.0 Å². The van der Waals surface area contributed by atoms with Crippen molar-refractivity contribution in [3.05, 3.63) is 35.4 Å². The predicted molar refractivity (Wildman–Crippen MR) is 62.2 cm³/mol. The highest BCUT2D eigenvalue weighted by Crippen LogP contribution is 2.28. The average molecular weight is 186 g/mol. The van der Waals surface area contributed by atoms with Crippen molar-refractivity contribution in [1.29, 1.82) is 0 Å². The third-order valence-corrected chi connectivity index (χ3v) is 2.68. The van der Waals surface area contributed by atoms with Gasteiger partial charge in [0.25, 0.3) is 0 Å². The van der Waals surface area contributed by atoms with E-state index in [0.717, 1.165) is 27.9 Å².